The largest absolute Gasteiger partial charge is 0.452 e. The van der Waals surface area contributed by atoms with Crippen molar-refractivity contribution in [2.75, 3.05) is 25.2 Å². The Morgan fingerprint density at radius 1 is 1.14 bits per heavy atom. The zero-order chi connectivity index (χ0) is 20.1. The number of carbonyl (C=O) groups is 2. The molecular weight excluding hydrogens is 354 g/mol. The average molecular weight is 379 g/mol. The van der Waals surface area contributed by atoms with Crippen LogP contribution in [0.5, 0.6) is 0 Å². The summed E-state index contributed by atoms with van der Waals surface area (Å²) in [6.45, 7) is 4.49. The summed E-state index contributed by atoms with van der Waals surface area (Å²) in [5.74, 6) is -0.759. The summed E-state index contributed by atoms with van der Waals surface area (Å²) >= 11 is 0. The van der Waals surface area contributed by atoms with Gasteiger partial charge in [0.2, 0.25) is 0 Å². The van der Waals surface area contributed by atoms with E-state index in [2.05, 4.69) is 5.10 Å². The highest BCUT2D eigenvalue weighted by Gasteiger charge is 2.19. The van der Waals surface area contributed by atoms with E-state index >= 15 is 0 Å². The Kier molecular flexibility index (Phi) is 6.09. The molecule has 0 saturated carbocycles. The van der Waals surface area contributed by atoms with Crippen molar-refractivity contribution in [2.45, 2.75) is 26.3 Å². The number of carbonyl (C=O) groups excluding carboxylic acids is 2. The predicted octanol–water partition coefficient (Wildman–Crippen LogP) is 3.65. The molecule has 1 amide bonds. The van der Waals surface area contributed by atoms with Gasteiger partial charge >= 0.3 is 5.97 Å². The first-order valence-electron chi connectivity index (χ1n) is 9.35. The highest BCUT2D eigenvalue weighted by Crippen LogP contribution is 2.21. The van der Waals surface area contributed by atoms with Gasteiger partial charge in [0, 0.05) is 25.7 Å². The lowest BCUT2D eigenvalue weighted by Crippen LogP contribution is -2.33. The molecule has 0 N–H and O–H groups in total. The van der Waals surface area contributed by atoms with E-state index in [0.29, 0.717) is 5.56 Å². The van der Waals surface area contributed by atoms with Crippen LogP contribution in [0.4, 0.5) is 5.69 Å². The van der Waals surface area contributed by atoms with Gasteiger partial charge in [-0.25, -0.2) is 4.79 Å². The van der Waals surface area contributed by atoms with Crippen LogP contribution >= 0.6 is 0 Å². The maximum atomic E-state index is 12.4. The van der Waals surface area contributed by atoms with Crippen LogP contribution in [0.25, 0.3) is 0 Å². The number of esters is 1. The van der Waals surface area contributed by atoms with Crippen molar-refractivity contribution < 1.29 is 14.3 Å². The number of amides is 1. The molecule has 3 rings (SSSR count). The third-order valence-electron chi connectivity index (χ3n) is 4.96. The molecule has 1 aliphatic rings. The summed E-state index contributed by atoms with van der Waals surface area (Å²) in [6.07, 6.45) is 0.945. The number of hydrogen-bond acceptors (Lipinski definition) is 5. The fourth-order valence-electron chi connectivity index (χ4n) is 3.01. The molecular formula is C22H25N3O3. The molecule has 146 valence electrons. The number of rotatable bonds is 6. The number of likely N-dealkylation sites (N-methyl/N-ethyl adjacent to an activating group) is 1. The smallest absolute Gasteiger partial charge is 0.338 e. The Morgan fingerprint density at radius 2 is 1.82 bits per heavy atom. The van der Waals surface area contributed by atoms with Crippen LogP contribution in [0.15, 0.2) is 59.7 Å². The van der Waals surface area contributed by atoms with Gasteiger partial charge in [-0.15, -0.1) is 0 Å². The van der Waals surface area contributed by atoms with E-state index in [4.69, 9.17) is 4.74 Å². The van der Waals surface area contributed by atoms with Gasteiger partial charge in [0.1, 0.15) is 0 Å². The molecule has 1 atom stereocenters. The molecule has 0 bridgehead atoms. The first-order valence-corrected chi connectivity index (χ1v) is 9.35. The van der Waals surface area contributed by atoms with E-state index < -0.39 is 5.97 Å². The first kappa shape index (κ1) is 19.6. The van der Waals surface area contributed by atoms with Crippen molar-refractivity contribution in [2.24, 2.45) is 5.10 Å². The number of anilines is 1. The minimum absolute atomic E-state index is 0.101. The average Bonchev–Trinajstić information content (AvgIpc) is 3.17. The molecule has 28 heavy (non-hydrogen) atoms. The Balaban J connectivity index is 1.54. The lowest BCUT2D eigenvalue weighted by Gasteiger charge is -2.25. The van der Waals surface area contributed by atoms with Crippen molar-refractivity contribution in [3.05, 3.63) is 65.7 Å². The van der Waals surface area contributed by atoms with Crippen molar-refractivity contribution >= 4 is 23.3 Å². The molecule has 0 spiro atoms. The lowest BCUT2D eigenvalue weighted by molar-refractivity contribution is -0.135. The second kappa shape index (κ2) is 8.69. The summed E-state index contributed by atoms with van der Waals surface area (Å²) in [5.41, 5.74) is 3.46. The number of nitrogens with zero attached hydrogens (tertiary/aromatic N) is 3. The summed E-state index contributed by atoms with van der Waals surface area (Å²) in [5, 5.41) is 6.35. The van der Waals surface area contributed by atoms with Gasteiger partial charge in [-0.05, 0) is 43.7 Å². The van der Waals surface area contributed by atoms with Crippen LogP contribution in [-0.2, 0) is 9.53 Å². The molecule has 1 heterocycles. The third-order valence-corrected chi connectivity index (χ3v) is 4.96. The molecule has 6 nitrogen and oxygen atoms in total. The molecule has 0 aliphatic carbocycles. The molecule has 0 aromatic heterocycles. The van der Waals surface area contributed by atoms with E-state index in [1.165, 1.54) is 0 Å². The van der Waals surface area contributed by atoms with Gasteiger partial charge in [-0.1, -0.05) is 30.3 Å². The summed E-state index contributed by atoms with van der Waals surface area (Å²) in [7, 11) is 1.71. The Morgan fingerprint density at radius 3 is 2.43 bits per heavy atom. The molecule has 2 aromatic rings. The zero-order valence-corrected chi connectivity index (χ0v) is 16.5. The fourth-order valence-corrected chi connectivity index (χ4v) is 3.01. The van der Waals surface area contributed by atoms with Gasteiger partial charge < -0.3 is 9.64 Å². The summed E-state index contributed by atoms with van der Waals surface area (Å²) in [4.78, 5) is 26.2. The second-order valence-corrected chi connectivity index (χ2v) is 6.92. The lowest BCUT2D eigenvalue weighted by atomic mass is 10.1. The van der Waals surface area contributed by atoms with Gasteiger partial charge in [-0.2, -0.15) is 5.10 Å². The highest BCUT2D eigenvalue weighted by atomic mass is 16.5. The molecule has 0 radical (unpaired) electrons. The third kappa shape index (κ3) is 4.57. The van der Waals surface area contributed by atoms with Crippen molar-refractivity contribution in [3.63, 3.8) is 0 Å². The maximum Gasteiger partial charge on any atom is 0.338 e. The summed E-state index contributed by atoms with van der Waals surface area (Å²) in [6, 6.07) is 16.7. The topological polar surface area (TPSA) is 62.2 Å². The van der Waals surface area contributed by atoms with Crippen molar-refractivity contribution in [1.82, 2.24) is 4.90 Å². The SMILES string of the molecule is CC1=NN(c2ccc(C(=O)OCC(=O)N(C)C(C)c3ccccc3)cc2)CC1. The molecule has 2 aromatic carbocycles. The minimum Gasteiger partial charge on any atom is -0.452 e. The number of hydrazone groups is 1. The van der Waals surface area contributed by atoms with E-state index in [-0.39, 0.29) is 18.6 Å². The molecule has 0 saturated heterocycles. The van der Waals surface area contributed by atoms with Gasteiger partial charge in [0.25, 0.3) is 5.91 Å². The van der Waals surface area contributed by atoms with Crippen molar-refractivity contribution in [3.8, 4) is 0 Å². The van der Waals surface area contributed by atoms with E-state index in [0.717, 1.165) is 29.9 Å². The standard InChI is InChI=1S/C22H25N3O3/c1-16-13-14-25(23-16)20-11-9-19(10-12-20)22(27)28-15-21(26)24(3)17(2)18-7-5-4-6-8-18/h4-12,17H,13-15H2,1-3H3. The first-order chi connectivity index (χ1) is 13.5. The van der Waals surface area contributed by atoms with Gasteiger partial charge in [-0.3, -0.25) is 9.80 Å². The fraction of sp³-hybridized carbons (Fsp3) is 0.318. The number of ether oxygens (including phenoxy) is 1. The van der Waals surface area contributed by atoms with Crippen LogP contribution in [0, 0.1) is 0 Å². The quantitative estimate of drug-likeness (QED) is 0.719. The molecule has 1 aliphatic heterocycles. The van der Waals surface area contributed by atoms with Gasteiger partial charge in [0.05, 0.1) is 17.3 Å². The monoisotopic (exact) mass is 379 g/mol. The normalized spacial score (nSPS) is 14.4. The summed E-state index contributed by atoms with van der Waals surface area (Å²) < 4.78 is 5.21. The molecule has 6 heteroatoms. The second-order valence-electron chi connectivity index (χ2n) is 6.92. The van der Waals surface area contributed by atoms with Crippen LogP contribution in [-0.4, -0.2) is 42.7 Å². The zero-order valence-electron chi connectivity index (χ0n) is 16.5. The van der Waals surface area contributed by atoms with E-state index in [9.17, 15) is 9.59 Å². The van der Waals surface area contributed by atoms with E-state index in [1.807, 2.05) is 61.3 Å². The van der Waals surface area contributed by atoms with Crippen LogP contribution in [0.1, 0.15) is 42.2 Å². The Hall–Kier alpha value is -3.15. The molecule has 1 unspecified atom stereocenters. The van der Waals surface area contributed by atoms with Crippen LogP contribution in [0.2, 0.25) is 0 Å². The Labute approximate surface area is 165 Å². The predicted molar refractivity (Wildman–Crippen MR) is 109 cm³/mol. The molecule has 0 fully saturated rings. The minimum atomic E-state index is -0.512. The highest BCUT2D eigenvalue weighted by molar-refractivity contribution is 5.92. The maximum absolute atomic E-state index is 12.4. The van der Waals surface area contributed by atoms with Crippen LogP contribution in [0.3, 0.4) is 0 Å². The van der Waals surface area contributed by atoms with Crippen molar-refractivity contribution in [1.29, 1.82) is 0 Å². The van der Waals surface area contributed by atoms with E-state index in [1.54, 1.807) is 24.1 Å². The number of hydrogen-bond donors (Lipinski definition) is 0. The van der Waals surface area contributed by atoms with Gasteiger partial charge in [0.15, 0.2) is 6.61 Å². The number of benzene rings is 2. The van der Waals surface area contributed by atoms with Crippen LogP contribution < -0.4 is 5.01 Å². The Bertz CT molecular complexity index is 862.